The van der Waals surface area contributed by atoms with Gasteiger partial charge in [-0.15, -0.1) is 12.4 Å². The normalized spacial score (nSPS) is 25.2. The first kappa shape index (κ1) is 18.2. The minimum atomic E-state index is 0. The van der Waals surface area contributed by atoms with Crippen LogP contribution in [0.1, 0.15) is 52.0 Å². The van der Waals surface area contributed by atoms with Crippen LogP contribution in [0.2, 0.25) is 0 Å². The number of piperidine rings is 1. The van der Waals surface area contributed by atoms with Crippen molar-refractivity contribution in [3.05, 3.63) is 24.4 Å². The molecule has 5 nitrogen and oxygen atoms in total. The Morgan fingerprint density at radius 1 is 1.32 bits per heavy atom. The van der Waals surface area contributed by atoms with Gasteiger partial charge >= 0.3 is 0 Å². The second kappa shape index (κ2) is 7.34. The molecule has 3 heterocycles. The Balaban J connectivity index is 0.00000182. The second-order valence-corrected chi connectivity index (χ2v) is 7.68. The summed E-state index contributed by atoms with van der Waals surface area (Å²) in [6, 6.07) is 7.61. The summed E-state index contributed by atoms with van der Waals surface area (Å²) in [5, 5.41) is 12.3. The molecule has 1 aromatic carbocycles. The summed E-state index contributed by atoms with van der Waals surface area (Å²) in [6.45, 7) is 4.23. The largest absolute Gasteiger partial charge is 0.326 e. The average Bonchev–Trinajstić information content (AvgIpc) is 3.10. The molecule has 2 aromatic rings. The number of hydrogen-bond acceptors (Lipinski definition) is 3. The summed E-state index contributed by atoms with van der Waals surface area (Å²) in [7, 11) is 0. The number of fused-ring (bicyclic) bond motifs is 3. The predicted molar refractivity (Wildman–Crippen MR) is 103 cm³/mol. The predicted octanol–water partition coefficient (Wildman–Crippen LogP) is 3.90. The molecule has 2 unspecified atom stereocenters. The number of carbonyl (C=O) groups excluding carboxylic acids is 1. The summed E-state index contributed by atoms with van der Waals surface area (Å²) < 4.78 is 2.00. The van der Waals surface area contributed by atoms with E-state index in [4.69, 9.17) is 0 Å². The third-order valence-electron chi connectivity index (χ3n) is 5.42. The fraction of sp³-hybridized carbons (Fsp3) is 0.579. The van der Waals surface area contributed by atoms with Gasteiger partial charge in [0.1, 0.15) is 0 Å². The number of hydrogen-bond donors (Lipinski definition) is 2. The number of carbonyl (C=O) groups is 1. The molecule has 2 atom stereocenters. The summed E-state index contributed by atoms with van der Waals surface area (Å²) in [5.74, 6) is 0.657. The van der Waals surface area contributed by atoms with Crippen LogP contribution in [0, 0.1) is 5.92 Å². The molecular formula is C19H27ClN4O. The van der Waals surface area contributed by atoms with E-state index in [-0.39, 0.29) is 18.3 Å². The van der Waals surface area contributed by atoms with Crippen LogP contribution in [-0.2, 0) is 4.79 Å². The number of amides is 1. The third kappa shape index (κ3) is 3.82. The fourth-order valence-electron chi connectivity index (χ4n) is 4.34. The Morgan fingerprint density at radius 2 is 2.04 bits per heavy atom. The lowest BCUT2D eigenvalue weighted by Crippen LogP contribution is -2.39. The quantitative estimate of drug-likeness (QED) is 0.867. The van der Waals surface area contributed by atoms with E-state index in [2.05, 4.69) is 29.6 Å². The van der Waals surface area contributed by atoms with Crippen molar-refractivity contribution < 1.29 is 4.79 Å². The molecule has 2 N–H and O–H groups in total. The Hall–Kier alpha value is -1.59. The van der Waals surface area contributed by atoms with Gasteiger partial charge in [-0.2, -0.15) is 5.10 Å². The monoisotopic (exact) mass is 362 g/mol. The number of aromatic nitrogens is 2. The van der Waals surface area contributed by atoms with Crippen molar-refractivity contribution in [1.29, 1.82) is 0 Å². The van der Waals surface area contributed by atoms with Crippen molar-refractivity contribution in [2.24, 2.45) is 5.92 Å². The van der Waals surface area contributed by atoms with E-state index in [1.807, 2.05) is 29.1 Å². The van der Waals surface area contributed by atoms with E-state index in [1.54, 1.807) is 0 Å². The molecule has 136 valence electrons. The second-order valence-electron chi connectivity index (χ2n) is 7.68. The number of benzene rings is 1. The van der Waals surface area contributed by atoms with Crippen molar-refractivity contribution in [1.82, 2.24) is 15.1 Å². The highest BCUT2D eigenvalue weighted by Crippen LogP contribution is 2.33. The summed E-state index contributed by atoms with van der Waals surface area (Å²) in [5.41, 5.74) is 1.94. The van der Waals surface area contributed by atoms with E-state index in [0.717, 1.165) is 29.4 Å². The SMILES string of the molecule is CC(C)n1ncc2ccc(NC(=O)CC3CC4CCC(C3)N4)cc21.Cl. The zero-order chi connectivity index (χ0) is 16.7. The molecule has 2 saturated heterocycles. The van der Waals surface area contributed by atoms with Crippen LogP contribution in [0.3, 0.4) is 0 Å². The van der Waals surface area contributed by atoms with Crippen LogP contribution < -0.4 is 10.6 Å². The average molecular weight is 363 g/mol. The van der Waals surface area contributed by atoms with Crippen molar-refractivity contribution in [2.45, 2.75) is 64.1 Å². The Morgan fingerprint density at radius 3 is 2.72 bits per heavy atom. The fourth-order valence-corrected chi connectivity index (χ4v) is 4.34. The van der Waals surface area contributed by atoms with Gasteiger partial charge in [-0.25, -0.2) is 0 Å². The molecular weight excluding hydrogens is 336 g/mol. The van der Waals surface area contributed by atoms with Gasteiger partial charge in [-0.1, -0.05) is 0 Å². The number of halogens is 1. The number of rotatable bonds is 4. The Labute approximate surface area is 155 Å². The highest BCUT2D eigenvalue weighted by Gasteiger charge is 2.34. The van der Waals surface area contributed by atoms with Gasteiger partial charge in [0.2, 0.25) is 5.91 Å². The van der Waals surface area contributed by atoms with Gasteiger partial charge in [-0.05, 0) is 63.6 Å². The molecule has 4 rings (SSSR count). The Bertz CT molecular complexity index is 745. The van der Waals surface area contributed by atoms with Crippen LogP contribution in [0.5, 0.6) is 0 Å². The molecule has 0 aliphatic carbocycles. The maximum Gasteiger partial charge on any atom is 0.224 e. The molecule has 2 aliphatic rings. The van der Waals surface area contributed by atoms with E-state index >= 15 is 0 Å². The molecule has 1 aromatic heterocycles. The van der Waals surface area contributed by atoms with Gasteiger partial charge in [0.05, 0.1) is 11.7 Å². The van der Waals surface area contributed by atoms with E-state index in [9.17, 15) is 4.79 Å². The molecule has 0 radical (unpaired) electrons. The van der Waals surface area contributed by atoms with Crippen LogP contribution in [-0.4, -0.2) is 27.8 Å². The lowest BCUT2D eigenvalue weighted by molar-refractivity contribution is -0.117. The lowest BCUT2D eigenvalue weighted by atomic mass is 9.89. The van der Waals surface area contributed by atoms with Crippen LogP contribution in [0.4, 0.5) is 5.69 Å². The van der Waals surface area contributed by atoms with Gasteiger partial charge in [0.15, 0.2) is 0 Å². The minimum Gasteiger partial charge on any atom is -0.326 e. The first-order valence-corrected chi connectivity index (χ1v) is 9.11. The Kier molecular flexibility index (Phi) is 5.35. The molecule has 0 saturated carbocycles. The van der Waals surface area contributed by atoms with Crippen LogP contribution in [0.25, 0.3) is 10.9 Å². The molecule has 0 spiro atoms. The van der Waals surface area contributed by atoms with Crippen LogP contribution >= 0.6 is 12.4 Å². The van der Waals surface area contributed by atoms with E-state index in [1.165, 1.54) is 12.8 Å². The summed E-state index contributed by atoms with van der Waals surface area (Å²) >= 11 is 0. The van der Waals surface area contributed by atoms with Crippen molar-refractivity contribution in [2.75, 3.05) is 5.32 Å². The number of nitrogens with zero attached hydrogens (tertiary/aromatic N) is 2. The number of nitrogens with one attached hydrogen (secondary N) is 2. The lowest BCUT2D eigenvalue weighted by Gasteiger charge is -2.28. The highest BCUT2D eigenvalue weighted by atomic mass is 35.5. The van der Waals surface area contributed by atoms with E-state index in [0.29, 0.717) is 30.5 Å². The molecule has 2 aliphatic heterocycles. The zero-order valence-corrected chi connectivity index (χ0v) is 15.7. The molecule has 25 heavy (non-hydrogen) atoms. The molecule has 1 amide bonds. The first-order valence-electron chi connectivity index (χ1n) is 9.11. The van der Waals surface area contributed by atoms with Crippen molar-refractivity contribution in [3.8, 4) is 0 Å². The smallest absolute Gasteiger partial charge is 0.224 e. The van der Waals surface area contributed by atoms with Gasteiger partial charge in [-0.3, -0.25) is 9.48 Å². The maximum atomic E-state index is 12.5. The van der Waals surface area contributed by atoms with Gasteiger partial charge in [0, 0.05) is 35.6 Å². The zero-order valence-electron chi connectivity index (χ0n) is 14.9. The third-order valence-corrected chi connectivity index (χ3v) is 5.42. The molecule has 2 bridgehead atoms. The summed E-state index contributed by atoms with van der Waals surface area (Å²) in [4.78, 5) is 12.5. The van der Waals surface area contributed by atoms with Crippen LogP contribution in [0.15, 0.2) is 24.4 Å². The maximum absolute atomic E-state index is 12.5. The standard InChI is InChI=1S/C19H26N4O.ClH/c1-12(2)23-18-10-17(4-3-14(18)11-20-23)22-19(24)9-13-7-15-5-6-16(8-13)21-15;/h3-4,10-13,15-16,21H,5-9H2,1-2H3,(H,22,24);1H. The van der Waals surface area contributed by atoms with Crippen molar-refractivity contribution in [3.63, 3.8) is 0 Å². The number of anilines is 1. The van der Waals surface area contributed by atoms with Gasteiger partial charge in [0.25, 0.3) is 0 Å². The van der Waals surface area contributed by atoms with E-state index < -0.39 is 0 Å². The molecule has 6 heteroatoms. The topological polar surface area (TPSA) is 59.0 Å². The van der Waals surface area contributed by atoms with Crippen molar-refractivity contribution >= 4 is 34.9 Å². The molecule has 2 fully saturated rings. The van der Waals surface area contributed by atoms with Gasteiger partial charge < -0.3 is 10.6 Å². The first-order chi connectivity index (χ1) is 11.6. The minimum absolute atomic E-state index is 0. The summed E-state index contributed by atoms with van der Waals surface area (Å²) in [6.07, 6.45) is 7.35. The highest BCUT2D eigenvalue weighted by molar-refractivity contribution is 5.93.